The lowest BCUT2D eigenvalue weighted by Crippen LogP contribution is -2.43. The fraction of sp³-hybridized carbons (Fsp3) is 0.591. The smallest absolute Gasteiger partial charge is 0.226 e. The van der Waals surface area contributed by atoms with E-state index in [0.29, 0.717) is 50.7 Å². The first-order valence-electron chi connectivity index (χ1n) is 10.6. The molecule has 1 amide bonds. The van der Waals surface area contributed by atoms with Gasteiger partial charge in [0, 0.05) is 38.4 Å². The summed E-state index contributed by atoms with van der Waals surface area (Å²) in [5, 5.41) is 7.06. The van der Waals surface area contributed by atoms with Crippen LogP contribution in [0.5, 0.6) is 5.75 Å². The van der Waals surface area contributed by atoms with Crippen LogP contribution in [0.1, 0.15) is 55.9 Å². The number of nitrogens with zero attached hydrogens (tertiary/aromatic N) is 3. The van der Waals surface area contributed by atoms with E-state index < -0.39 is 0 Å². The Morgan fingerprint density at radius 1 is 1.23 bits per heavy atom. The van der Waals surface area contributed by atoms with Crippen LogP contribution in [-0.2, 0) is 16.0 Å². The van der Waals surface area contributed by atoms with E-state index >= 15 is 0 Å². The van der Waals surface area contributed by atoms with Crippen molar-refractivity contribution < 1.29 is 18.8 Å². The van der Waals surface area contributed by atoms with Gasteiger partial charge < -0.3 is 19.3 Å². The van der Waals surface area contributed by atoms with E-state index in [4.69, 9.17) is 14.0 Å². The summed E-state index contributed by atoms with van der Waals surface area (Å²) in [5.41, 5.74) is 1.16. The van der Waals surface area contributed by atoms with Gasteiger partial charge >= 0.3 is 0 Å². The largest absolute Gasteiger partial charge is 0.497 e. The standard InChI is InChI=1S/C22H32N4O4/c1-16(2)22-24-21(30-25-22)6-4-5-20(27)23-15-19(26-11-13-29-14-12-26)17-7-9-18(28-3)10-8-17/h7-10,16,19H,4-6,11-15H2,1-3H3,(H,23,27). The molecule has 0 spiro atoms. The van der Waals surface area contributed by atoms with Crippen LogP contribution in [0.2, 0.25) is 0 Å². The molecule has 2 heterocycles. The molecule has 1 fully saturated rings. The number of ether oxygens (including phenoxy) is 2. The van der Waals surface area contributed by atoms with Gasteiger partial charge in [0.05, 0.1) is 26.4 Å². The lowest BCUT2D eigenvalue weighted by molar-refractivity contribution is -0.121. The molecule has 2 aromatic rings. The fourth-order valence-corrected chi connectivity index (χ4v) is 3.48. The summed E-state index contributed by atoms with van der Waals surface area (Å²) in [6.07, 6.45) is 1.71. The molecule has 164 valence electrons. The van der Waals surface area contributed by atoms with Crippen LogP contribution in [0.4, 0.5) is 0 Å². The summed E-state index contributed by atoms with van der Waals surface area (Å²) < 4.78 is 16.0. The van der Waals surface area contributed by atoms with Gasteiger partial charge in [-0.05, 0) is 24.1 Å². The number of hydrogen-bond donors (Lipinski definition) is 1. The molecule has 1 saturated heterocycles. The number of aryl methyl sites for hydroxylation is 1. The van der Waals surface area contributed by atoms with Crippen LogP contribution < -0.4 is 10.1 Å². The topological polar surface area (TPSA) is 89.7 Å². The number of nitrogens with one attached hydrogen (secondary N) is 1. The quantitative estimate of drug-likeness (QED) is 0.637. The molecule has 1 unspecified atom stereocenters. The number of benzene rings is 1. The molecule has 0 saturated carbocycles. The Labute approximate surface area is 177 Å². The Hall–Kier alpha value is -2.45. The van der Waals surface area contributed by atoms with Crippen molar-refractivity contribution >= 4 is 5.91 Å². The van der Waals surface area contributed by atoms with Gasteiger partial charge in [-0.2, -0.15) is 4.98 Å². The second-order valence-corrected chi connectivity index (χ2v) is 7.80. The molecule has 8 nitrogen and oxygen atoms in total. The molecule has 1 N–H and O–H groups in total. The monoisotopic (exact) mass is 416 g/mol. The van der Waals surface area contributed by atoms with Gasteiger partial charge in [-0.3, -0.25) is 9.69 Å². The van der Waals surface area contributed by atoms with E-state index in [1.54, 1.807) is 7.11 Å². The first-order valence-corrected chi connectivity index (χ1v) is 10.6. The summed E-state index contributed by atoms with van der Waals surface area (Å²) in [6, 6.07) is 8.15. The summed E-state index contributed by atoms with van der Waals surface area (Å²) >= 11 is 0. The zero-order valence-electron chi connectivity index (χ0n) is 18.1. The third-order valence-electron chi connectivity index (χ3n) is 5.27. The average Bonchev–Trinajstić information content (AvgIpc) is 3.24. The lowest BCUT2D eigenvalue weighted by Gasteiger charge is -2.35. The Morgan fingerprint density at radius 3 is 2.60 bits per heavy atom. The van der Waals surface area contributed by atoms with Crippen LogP contribution in [0, 0.1) is 0 Å². The highest BCUT2D eigenvalue weighted by atomic mass is 16.5. The highest BCUT2D eigenvalue weighted by Crippen LogP contribution is 2.23. The van der Waals surface area contributed by atoms with Gasteiger partial charge in [0.1, 0.15) is 5.75 Å². The number of amides is 1. The van der Waals surface area contributed by atoms with Crippen molar-refractivity contribution in [1.29, 1.82) is 0 Å². The molecule has 0 radical (unpaired) electrons. The zero-order chi connectivity index (χ0) is 21.3. The van der Waals surface area contributed by atoms with Crippen LogP contribution in [0.15, 0.2) is 28.8 Å². The van der Waals surface area contributed by atoms with Gasteiger partial charge in [-0.1, -0.05) is 31.1 Å². The zero-order valence-corrected chi connectivity index (χ0v) is 18.1. The predicted molar refractivity (Wildman–Crippen MR) is 112 cm³/mol. The minimum absolute atomic E-state index is 0.0327. The van der Waals surface area contributed by atoms with Crippen molar-refractivity contribution in [2.24, 2.45) is 0 Å². The summed E-state index contributed by atoms with van der Waals surface area (Å²) in [6.45, 7) is 7.73. The maximum Gasteiger partial charge on any atom is 0.226 e. The number of carbonyl (C=O) groups excluding carboxylic acids is 1. The molecular weight excluding hydrogens is 384 g/mol. The normalized spacial score (nSPS) is 15.9. The van der Waals surface area contributed by atoms with Crippen molar-refractivity contribution in [2.75, 3.05) is 40.0 Å². The number of aromatic nitrogens is 2. The Bertz CT molecular complexity index is 785. The van der Waals surface area contributed by atoms with E-state index in [2.05, 4.69) is 32.5 Å². The molecule has 1 aliphatic rings. The number of morpholine rings is 1. The van der Waals surface area contributed by atoms with Gasteiger partial charge in [0.15, 0.2) is 5.82 Å². The van der Waals surface area contributed by atoms with Crippen molar-refractivity contribution in [2.45, 2.75) is 45.1 Å². The van der Waals surface area contributed by atoms with E-state index in [1.165, 1.54) is 0 Å². The van der Waals surface area contributed by atoms with Gasteiger partial charge in [0.2, 0.25) is 11.8 Å². The van der Waals surface area contributed by atoms with E-state index in [-0.39, 0.29) is 17.9 Å². The summed E-state index contributed by atoms with van der Waals surface area (Å²) in [5.74, 6) is 2.40. The fourth-order valence-electron chi connectivity index (χ4n) is 3.48. The molecule has 3 rings (SSSR count). The van der Waals surface area contributed by atoms with E-state index in [0.717, 1.165) is 24.4 Å². The number of carbonyl (C=O) groups is 1. The Balaban J connectivity index is 1.51. The van der Waals surface area contributed by atoms with Gasteiger partial charge in [0.25, 0.3) is 0 Å². The van der Waals surface area contributed by atoms with E-state index in [9.17, 15) is 4.79 Å². The second-order valence-electron chi connectivity index (χ2n) is 7.80. The minimum atomic E-state index is 0.0327. The molecule has 1 aromatic carbocycles. The third-order valence-corrected chi connectivity index (χ3v) is 5.27. The minimum Gasteiger partial charge on any atom is -0.497 e. The Kier molecular flexibility index (Phi) is 8.21. The maximum absolute atomic E-state index is 12.4. The molecule has 30 heavy (non-hydrogen) atoms. The van der Waals surface area contributed by atoms with Crippen molar-refractivity contribution in [1.82, 2.24) is 20.4 Å². The van der Waals surface area contributed by atoms with Crippen molar-refractivity contribution in [3.63, 3.8) is 0 Å². The first kappa shape index (κ1) is 22.2. The second kappa shape index (κ2) is 11.1. The summed E-state index contributed by atoms with van der Waals surface area (Å²) in [4.78, 5) is 19.1. The van der Waals surface area contributed by atoms with Crippen LogP contribution in [0.25, 0.3) is 0 Å². The number of hydrogen-bond acceptors (Lipinski definition) is 7. The molecular formula is C22H32N4O4. The van der Waals surface area contributed by atoms with Gasteiger partial charge in [-0.15, -0.1) is 0 Å². The highest BCUT2D eigenvalue weighted by Gasteiger charge is 2.23. The molecule has 8 heteroatoms. The Morgan fingerprint density at radius 2 is 1.97 bits per heavy atom. The van der Waals surface area contributed by atoms with Crippen molar-refractivity contribution in [3.8, 4) is 5.75 Å². The number of rotatable bonds is 10. The van der Waals surface area contributed by atoms with Gasteiger partial charge in [-0.25, -0.2) is 0 Å². The number of methoxy groups -OCH3 is 1. The molecule has 0 bridgehead atoms. The molecule has 1 aliphatic heterocycles. The molecule has 1 atom stereocenters. The SMILES string of the molecule is COc1ccc(C(CNC(=O)CCCc2nc(C(C)C)no2)N2CCOCC2)cc1. The van der Waals surface area contributed by atoms with Crippen LogP contribution in [0.3, 0.4) is 0 Å². The highest BCUT2D eigenvalue weighted by molar-refractivity contribution is 5.75. The summed E-state index contributed by atoms with van der Waals surface area (Å²) in [7, 11) is 1.66. The predicted octanol–water partition coefficient (Wildman–Crippen LogP) is 2.71. The maximum atomic E-state index is 12.4. The van der Waals surface area contributed by atoms with Crippen LogP contribution in [-0.4, -0.2) is 60.9 Å². The molecule has 1 aromatic heterocycles. The lowest BCUT2D eigenvalue weighted by atomic mass is 10.0. The van der Waals surface area contributed by atoms with Crippen molar-refractivity contribution in [3.05, 3.63) is 41.5 Å². The van der Waals surface area contributed by atoms with E-state index in [1.807, 2.05) is 26.0 Å². The first-order chi connectivity index (χ1) is 14.6. The third kappa shape index (κ3) is 6.27. The van der Waals surface area contributed by atoms with Crippen LogP contribution >= 0.6 is 0 Å². The average molecular weight is 417 g/mol. The molecule has 0 aliphatic carbocycles.